The molecule has 2 aromatic rings. The highest BCUT2D eigenvalue weighted by Crippen LogP contribution is 2.37. The summed E-state index contributed by atoms with van der Waals surface area (Å²) in [5.41, 5.74) is 1.60. The first-order valence-corrected chi connectivity index (χ1v) is 9.53. The second-order valence-electron chi connectivity index (χ2n) is 5.81. The third-order valence-corrected chi connectivity index (χ3v) is 5.30. The van der Waals surface area contributed by atoms with Gasteiger partial charge in [0.25, 0.3) is 5.91 Å². The van der Waals surface area contributed by atoms with Gasteiger partial charge in [0, 0.05) is 0 Å². The highest BCUT2D eigenvalue weighted by molar-refractivity contribution is 8.26. The molecule has 0 radical (unpaired) electrons. The average Bonchev–Trinajstić information content (AvgIpc) is 2.95. The number of rotatable bonds is 7. The Labute approximate surface area is 171 Å². The maximum absolute atomic E-state index is 12.6. The summed E-state index contributed by atoms with van der Waals surface area (Å²) in [5.74, 6) is -0.486. The molecule has 3 rings (SSSR count). The van der Waals surface area contributed by atoms with E-state index in [0.29, 0.717) is 28.6 Å². The van der Waals surface area contributed by atoms with Gasteiger partial charge in [0.2, 0.25) is 0 Å². The molecule has 1 saturated heterocycles. The molecule has 144 valence electrons. The predicted octanol–water partition coefficient (Wildman–Crippen LogP) is 3.56. The highest BCUT2D eigenvalue weighted by Gasteiger charge is 2.33. The fraction of sp³-hybridized carbons (Fsp3) is 0.150. The number of hydrogen-bond acceptors (Lipinski definition) is 6. The SMILES string of the molecule is COc1cccc(OCc2ccccc2)c1/C=C1/SC(=S)N(CC(=O)O)C1=O. The van der Waals surface area contributed by atoms with Gasteiger partial charge in [-0.15, -0.1) is 0 Å². The number of thioether (sulfide) groups is 1. The van der Waals surface area contributed by atoms with E-state index in [-0.39, 0.29) is 4.32 Å². The van der Waals surface area contributed by atoms with Crippen LogP contribution in [0.25, 0.3) is 6.08 Å². The van der Waals surface area contributed by atoms with Gasteiger partial charge in [0.15, 0.2) is 0 Å². The molecule has 1 amide bonds. The summed E-state index contributed by atoms with van der Waals surface area (Å²) in [7, 11) is 1.53. The van der Waals surface area contributed by atoms with Crippen molar-refractivity contribution in [2.45, 2.75) is 6.61 Å². The zero-order chi connectivity index (χ0) is 20.1. The van der Waals surface area contributed by atoms with Crippen LogP contribution in [-0.2, 0) is 16.2 Å². The summed E-state index contributed by atoms with van der Waals surface area (Å²) >= 11 is 6.20. The van der Waals surface area contributed by atoms with E-state index >= 15 is 0 Å². The summed E-state index contributed by atoms with van der Waals surface area (Å²) in [5, 5.41) is 8.97. The molecule has 8 heteroatoms. The molecular weight excluding hydrogens is 398 g/mol. The van der Waals surface area contributed by atoms with Crippen LogP contribution in [0.3, 0.4) is 0 Å². The number of carbonyl (C=O) groups is 2. The number of nitrogens with zero attached hydrogens (tertiary/aromatic N) is 1. The van der Waals surface area contributed by atoms with E-state index in [1.54, 1.807) is 24.3 Å². The lowest BCUT2D eigenvalue weighted by Crippen LogP contribution is -2.33. The third-order valence-electron chi connectivity index (χ3n) is 3.93. The lowest BCUT2D eigenvalue weighted by molar-refractivity contribution is -0.140. The minimum Gasteiger partial charge on any atom is -0.496 e. The van der Waals surface area contributed by atoms with E-state index in [0.717, 1.165) is 22.2 Å². The summed E-state index contributed by atoms with van der Waals surface area (Å²) in [6, 6.07) is 15.0. The standard InChI is InChI=1S/C20H17NO5S2/c1-25-15-8-5-9-16(26-12-13-6-3-2-4-7-13)14(15)10-17-19(24)21(11-18(22)23)20(27)28-17/h2-10H,11-12H2,1H3,(H,22,23)/b17-10+. The van der Waals surface area contributed by atoms with Crippen LogP contribution in [-0.4, -0.2) is 39.9 Å². The molecular formula is C20H17NO5S2. The maximum atomic E-state index is 12.6. The van der Waals surface area contributed by atoms with E-state index in [2.05, 4.69) is 0 Å². The van der Waals surface area contributed by atoms with Gasteiger partial charge in [0.1, 0.15) is 29.0 Å². The van der Waals surface area contributed by atoms with Gasteiger partial charge >= 0.3 is 5.97 Å². The van der Waals surface area contributed by atoms with Crippen molar-refractivity contribution in [1.29, 1.82) is 0 Å². The van der Waals surface area contributed by atoms with Crippen molar-refractivity contribution in [2.24, 2.45) is 0 Å². The topological polar surface area (TPSA) is 76.1 Å². The van der Waals surface area contributed by atoms with Crippen molar-refractivity contribution >= 4 is 46.3 Å². The number of aliphatic carboxylic acids is 1. The van der Waals surface area contributed by atoms with Crippen LogP contribution < -0.4 is 9.47 Å². The van der Waals surface area contributed by atoms with Gasteiger partial charge < -0.3 is 14.6 Å². The molecule has 0 bridgehead atoms. The number of methoxy groups -OCH3 is 1. The molecule has 2 aromatic carbocycles. The fourth-order valence-corrected chi connectivity index (χ4v) is 3.84. The number of ether oxygens (including phenoxy) is 2. The molecule has 0 aliphatic carbocycles. The molecule has 1 fully saturated rings. The van der Waals surface area contributed by atoms with Gasteiger partial charge in [0.05, 0.1) is 17.6 Å². The van der Waals surface area contributed by atoms with Gasteiger partial charge in [-0.25, -0.2) is 0 Å². The minimum absolute atomic E-state index is 0.209. The van der Waals surface area contributed by atoms with Crippen molar-refractivity contribution in [3.63, 3.8) is 0 Å². The van der Waals surface area contributed by atoms with Crippen LogP contribution in [0.1, 0.15) is 11.1 Å². The van der Waals surface area contributed by atoms with Crippen molar-refractivity contribution in [3.8, 4) is 11.5 Å². The number of carboxylic acids is 1. The first-order chi connectivity index (χ1) is 13.5. The molecule has 1 N–H and O–H groups in total. The molecule has 1 aliphatic rings. The van der Waals surface area contributed by atoms with Crippen LogP contribution >= 0.6 is 24.0 Å². The van der Waals surface area contributed by atoms with Gasteiger partial charge in [-0.3, -0.25) is 14.5 Å². The Bertz CT molecular complexity index is 943. The lowest BCUT2D eigenvalue weighted by atomic mass is 10.1. The third kappa shape index (κ3) is 4.52. The van der Waals surface area contributed by atoms with Crippen LogP contribution in [0.5, 0.6) is 11.5 Å². The fourth-order valence-electron chi connectivity index (χ4n) is 2.61. The molecule has 0 spiro atoms. The number of amides is 1. The van der Waals surface area contributed by atoms with Crippen LogP contribution in [0, 0.1) is 0 Å². The van der Waals surface area contributed by atoms with E-state index in [4.69, 9.17) is 26.8 Å². The average molecular weight is 415 g/mol. The number of hydrogen-bond donors (Lipinski definition) is 1. The Morgan fingerprint density at radius 1 is 1.18 bits per heavy atom. The van der Waals surface area contributed by atoms with Crippen LogP contribution in [0.15, 0.2) is 53.4 Å². The monoisotopic (exact) mass is 415 g/mol. The van der Waals surface area contributed by atoms with E-state index in [1.807, 2.05) is 30.3 Å². The van der Waals surface area contributed by atoms with E-state index in [1.165, 1.54) is 7.11 Å². The van der Waals surface area contributed by atoms with E-state index in [9.17, 15) is 9.59 Å². The zero-order valence-electron chi connectivity index (χ0n) is 15.0. The Balaban J connectivity index is 1.90. The Kier molecular flexibility index (Phi) is 6.33. The van der Waals surface area contributed by atoms with Gasteiger partial charge in [-0.1, -0.05) is 60.4 Å². The summed E-state index contributed by atoms with van der Waals surface area (Å²) < 4.78 is 11.6. The lowest BCUT2D eigenvalue weighted by Gasteiger charge is -2.13. The molecule has 6 nitrogen and oxygen atoms in total. The van der Waals surface area contributed by atoms with Crippen molar-refractivity contribution in [1.82, 2.24) is 4.90 Å². The number of thiocarbonyl (C=S) groups is 1. The molecule has 1 aliphatic heterocycles. The Hall–Kier alpha value is -2.84. The highest BCUT2D eigenvalue weighted by atomic mass is 32.2. The normalized spacial score (nSPS) is 15.2. The summed E-state index contributed by atoms with van der Waals surface area (Å²) in [6.07, 6.45) is 1.63. The number of carboxylic acid groups (broad SMARTS) is 1. The van der Waals surface area contributed by atoms with Gasteiger partial charge in [-0.05, 0) is 23.8 Å². The van der Waals surface area contributed by atoms with Crippen molar-refractivity contribution in [2.75, 3.05) is 13.7 Å². The first-order valence-electron chi connectivity index (χ1n) is 8.30. The first kappa shape index (κ1) is 19.9. The quantitative estimate of drug-likeness (QED) is 0.547. The van der Waals surface area contributed by atoms with Crippen molar-refractivity contribution in [3.05, 3.63) is 64.6 Å². The summed E-state index contributed by atoms with van der Waals surface area (Å²) in [4.78, 5) is 24.9. The predicted molar refractivity (Wildman–Crippen MR) is 111 cm³/mol. The second kappa shape index (κ2) is 8.90. The van der Waals surface area contributed by atoms with Crippen LogP contribution in [0.2, 0.25) is 0 Å². The van der Waals surface area contributed by atoms with Crippen molar-refractivity contribution < 1.29 is 24.2 Å². The number of carbonyl (C=O) groups excluding carboxylic acids is 1. The number of benzene rings is 2. The largest absolute Gasteiger partial charge is 0.496 e. The molecule has 0 aromatic heterocycles. The van der Waals surface area contributed by atoms with Gasteiger partial charge in [-0.2, -0.15) is 0 Å². The zero-order valence-corrected chi connectivity index (χ0v) is 16.6. The molecule has 0 saturated carbocycles. The van der Waals surface area contributed by atoms with Crippen LogP contribution in [0.4, 0.5) is 0 Å². The summed E-state index contributed by atoms with van der Waals surface area (Å²) in [6.45, 7) is -0.111. The second-order valence-corrected chi connectivity index (χ2v) is 7.48. The Morgan fingerprint density at radius 3 is 2.57 bits per heavy atom. The van der Waals surface area contributed by atoms with E-state index < -0.39 is 18.4 Å². The molecule has 1 heterocycles. The Morgan fingerprint density at radius 2 is 1.89 bits per heavy atom. The minimum atomic E-state index is -1.12. The smallest absolute Gasteiger partial charge is 0.323 e. The molecule has 0 atom stereocenters. The molecule has 0 unspecified atom stereocenters. The molecule has 28 heavy (non-hydrogen) atoms. The maximum Gasteiger partial charge on any atom is 0.323 e.